The molecule has 0 saturated heterocycles. The Hall–Kier alpha value is -3.98. The Balaban J connectivity index is 1.41. The van der Waals surface area contributed by atoms with Gasteiger partial charge in [-0.3, -0.25) is 9.59 Å². The van der Waals surface area contributed by atoms with E-state index < -0.39 is 6.04 Å². The first kappa shape index (κ1) is 32.9. The van der Waals surface area contributed by atoms with Gasteiger partial charge in [0.2, 0.25) is 5.91 Å². The fourth-order valence-corrected chi connectivity index (χ4v) is 5.52. The molecule has 0 aliphatic carbocycles. The number of furan rings is 1. The van der Waals surface area contributed by atoms with Crippen molar-refractivity contribution in [2.24, 2.45) is 5.92 Å². The summed E-state index contributed by atoms with van der Waals surface area (Å²) in [5.74, 6) is 0.830. The summed E-state index contributed by atoms with van der Waals surface area (Å²) in [6, 6.07) is 24.5. The summed E-state index contributed by atoms with van der Waals surface area (Å²) in [6.45, 7) is 9.80. The SMILES string of the molecule is CC(C)CN(CCO)CCC[C@H](NC(=O)c1ccc(CNCc2ccco2)cc1)C(=O)NC(C)c1cccc2ccccc12. The van der Waals surface area contributed by atoms with Crippen LogP contribution in [0, 0.1) is 5.92 Å². The first-order chi connectivity index (χ1) is 21.3. The van der Waals surface area contributed by atoms with Crippen LogP contribution in [0.2, 0.25) is 0 Å². The minimum Gasteiger partial charge on any atom is -0.468 e. The van der Waals surface area contributed by atoms with Gasteiger partial charge in [0.1, 0.15) is 11.8 Å². The van der Waals surface area contributed by atoms with Crippen molar-refractivity contribution in [2.45, 2.75) is 58.8 Å². The van der Waals surface area contributed by atoms with Crippen molar-refractivity contribution in [3.8, 4) is 0 Å². The Kier molecular flexibility index (Phi) is 12.5. The van der Waals surface area contributed by atoms with E-state index in [2.05, 4.69) is 52.9 Å². The van der Waals surface area contributed by atoms with Crippen LogP contribution in [0.5, 0.6) is 0 Å². The summed E-state index contributed by atoms with van der Waals surface area (Å²) in [5.41, 5.74) is 2.57. The van der Waals surface area contributed by atoms with Crippen molar-refractivity contribution in [1.82, 2.24) is 20.9 Å². The monoisotopic (exact) mass is 598 g/mol. The predicted molar refractivity (Wildman–Crippen MR) is 175 cm³/mol. The van der Waals surface area contributed by atoms with Gasteiger partial charge < -0.3 is 30.4 Å². The maximum absolute atomic E-state index is 13.7. The molecule has 44 heavy (non-hydrogen) atoms. The van der Waals surface area contributed by atoms with E-state index in [1.807, 2.05) is 55.5 Å². The second-order valence-electron chi connectivity index (χ2n) is 11.8. The van der Waals surface area contributed by atoms with Crippen molar-refractivity contribution in [2.75, 3.05) is 26.2 Å². The number of carbonyl (C=O) groups is 2. The summed E-state index contributed by atoms with van der Waals surface area (Å²) < 4.78 is 5.35. The molecule has 0 fully saturated rings. The molecule has 1 unspecified atom stereocenters. The molecular weight excluding hydrogens is 552 g/mol. The molecule has 1 aromatic heterocycles. The molecule has 0 spiro atoms. The van der Waals surface area contributed by atoms with E-state index in [9.17, 15) is 14.7 Å². The normalized spacial score (nSPS) is 12.9. The molecule has 2 amide bonds. The van der Waals surface area contributed by atoms with Crippen LogP contribution in [0.4, 0.5) is 0 Å². The summed E-state index contributed by atoms with van der Waals surface area (Å²) >= 11 is 0. The summed E-state index contributed by atoms with van der Waals surface area (Å²) in [4.78, 5) is 29.2. The molecule has 0 saturated carbocycles. The summed E-state index contributed by atoms with van der Waals surface area (Å²) in [7, 11) is 0. The van der Waals surface area contributed by atoms with E-state index in [1.54, 1.807) is 18.4 Å². The van der Waals surface area contributed by atoms with Gasteiger partial charge in [-0.05, 0) is 78.4 Å². The molecular formula is C36H46N4O4. The van der Waals surface area contributed by atoms with Crippen LogP contribution in [-0.2, 0) is 17.9 Å². The number of aliphatic hydroxyl groups excluding tert-OH is 1. The van der Waals surface area contributed by atoms with E-state index in [0.29, 0.717) is 44.0 Å². The number of nitrogens with one attached hydrogen (secondary N) is 3. The van der Waals surface area contributed by atoms with Gasteiger partial charge in [0.05, 0.1) is 25.5 Å². The molecule has 0 radical (unpaired) electrons. The number of fused-ring (bicyclic) bond motifs is 1. The number of amides is 2. The zero-order chi connectivity index (χ0) is 31.3. The first-order valence-corrected chi connectivity index (χ1v) is 15.6. The van der Waals surface area contributed by atoms with Crippen LogP contribution in [-0.4, -0.2) is 54.1 Å². The topological polar surface area (TPSA) is 107 Å². The number of rotatable bonds is 17. The summed E-state index contributed by atoms with van der Waals surface area (Å²) in [6.07, 6.45) is 2.84. The third kappa shape index (κ3) is 9.77. The van der Waals surface area contributed by atoms with Gasteiger partial charge in [-0.15, -0.1) is 0 Å². The van der Waals surface area contributed by atoms with Gasteiger partial charge in [0, 0.05) is 25.2 Å². The zero-order valence-corrected chi connectivity index (χ0v) is 26.1. The average Bonchev–Trinajstić information content (AvgIpc) is 3.54. The first-order valence-electron chi connectivity index (χ1n) is 15.6. The van der Waals surface area contributed by atoms with E-state index in [0.717, 1.165) is 40.7 Å². The lowest BCUT2D eigenvalue weighted by atomic mass is 9.99. The largest absolute Gasteiger partial charge is 0.468 e. The number of hydrogen-bond acceptors (Lipinski definition) is 6. The van der Waals surface area contributed by atoms with Crippen LogP contribution >= 0.6 is 0 Å². The fourth-order valence-electron chi connectivity index (χ4n) is 5.52. The van der Waals surface area contributed by atoms with E-state index >= 15 is 0 Å². The van der Waals surface area contributed by atoms with Crippen molar-refractivity contribution in [3.63, 3.8) is 0 Å². The van der Waals surface area contributed by atoms with E-state index in [4.69, 9.17) is 4.42 Å². The Morgan fingerprint density at radius 1 is 0.864 bits per heavy atom. The van der Waals surface area contributed by atoms with Gasteiger partial charge in [-0.2, -0.15) is 0 Å². The molecule has 0 aliphatic heterocycles. The average molecular weight is 599 g/mol. The molecule has 4 N–H and O–H groups in total. The predicted octanol–water partition coefficient (Wildman–Crippen LogP) is 5.43. The quantitative estimate of drug-likeness (QED) is 0.129. The minimum absolute atomic E-state index is 0.0876. The molecule has 0 aliphatic rings. The van der Waals surface area contributed by atoms with Crippen molar-refractivity contribution in [1.29, 1.82) is 0 Å². The standard InChI is InChI=1S/C36H46N4O4/c1-26(2)25-40(20-21-41)19-7-14-34(36(43)38-27(3)32-13-6-10-29-9-4-5-12-33(29)32)39-35(42)30-17-15-28(16-18-30)23-37-24-31-11-8-22-44-31/h4-6,8-13,15-18,22,26-27,34,37,41H,7,14,19-21,23-25H2,1-3H3,(H,38,43)(H,39,42)/t27?,34-/m0/s1. The van der Waals surface area contributed by atoms with E-state index in [1.165, 1.54) is 0 Å². The minimum atomic E-state index is -0.704. The number of aliphatic hydroxyl groups is 1. The highest BCUT2D eigenvalue weighted by atomic mass is 16.3. The van der Waals surface area contributed by atoms with Crippen molar-refractivity contribution < 1.29 is 19.1 Å². The van der Waals surface area contributed by atoms with E-state index in [-0.39, 0.29) is 24.5 Å². The van der Waals surface area contributed by atoms with Crippen LogP contribution in [0.25, 0.3) is 10.8 Å². The third-order valence-corrected chi connectivity index (χ3v) is 7.70. The molecule has 3 aromatic carbocycles. The van der Waals surface area contributed by atoms with Crippen LogP contribution in [0.1, 0.15) is 66.9 Å². The summed E-state index contributed by atoms with van der Waals surface area (Å²) in [5, 5.41) is 21.2. The third-order valence-electron chi connectivity index (χ3n) is 7.70. The van der Waals surface area contributed by atoms with Crippen LogP contribution < -0.4 is 16.0 Å². The zero-order valence-electron chi connectivity index (χ0n) is 26.1. The highest BCUT2D eigenvalue weighted by Gasteiger charge is 2.24. The number of nitrogens with zero attached hydrogens (tertiary/aromatic N) is 1. The number of hydrogen-bond donors (Lipinski definition) is 4. The van der Waals surface area contributed by atoms with Gasteiger partial charge in [-0.1, -0.05) is 68.4 Å². The van der Waals surface area contributed by atoms with Gasteiger partial charge in [-0.25, -0.2) is 0 Å². The van der Waals surface area contributed by atoms with Gasteiger partial charge in [0.15, 0.2) is 0 Å². The number of carbonyl (C=O) groups excluding carboxylic acids is 2. The molecule has 2 atom stereocenters. The van der Waals surface area contributed by atoms with Crippen molar-refractivity contribution in [3.05, 3.63) is 108 Å². The number of benzene rings is 3. The molecule has 8 nitrogen and oxygen atoms in total. The Morgan fingerprint density at radius 3 is 2.36 bits per heavy atom. The fraction of sp³-hybridized carbons (Fsp3) is 0.389. The Bertz CT molecular complexity index is 1450. The second-order valence-corrected chi connectivity index (χ2v) is 11.8. The molecule has 234 valence electrons. The maximum atomic E-state index is 13.7. The highest BCUT2D eigenvalue weighted by Crippen LogP contribution is 2.24. The lowest BCUT2D eigenvalue weighted by Gasteiger charge is -2.26. The highest BCUT2D eigenvalue weighted by molar-refractivity contribution is 5.97. The lowest BCUT2D eigenvalue weighted by molar-refractivity contribution is -0.123. The van der Waals surface area contributed by atoms with Crippen LogP contribution in [0.15, 0.2) is 89.5 Å². The van der Waals surface area contributed by atoms with Gasteiger partial charge in [0.25, 0.3) is 5.91 Å². The lowest BCUT2D eigenvalue weighted by Crippen LogP contribution is -2.47. The Morgan fingerprint density at radius 2 is 1.64 bits per heavy atom. The molecule has 8 heteroatoms. The molecule has 0 bridgehead atoms. The smallest absolute Gasteiger partial charge is 0.251 e. The van der Waals surface area contributed by atoms with Crippen LogP contribution in [0.3, 0.4) is 0 Å². The second kappa shape index (κ2) is 16.8. The van der Waals surface area contributed by atoms with Gasteiger partial charge >= 0.3 is 0 Å². The molecule has 4 rings (SSSR count). The molecule has 4 aromatic rings. The van der Waals surface area contributed by atoms with Crippen molar-refractivity contribution >= 4 is 22.6 Å². The Labute approximate surface area is 260 Å². The molecule has 1 heterocycles. The maximum Gasteiger partial charge on any atom is 0.251 e.